The zero-order valence-electron chi connectivity index (χ0n) is 4.89. The summed E-state index contributed by atoms with van der Waals surface area (Å²) in [7, 11) is 0. The fourth-order valence-electron chi connectivity index (χ4n) is 0.631. The topological polar surface area (TPSA) is 50.7 Å². The molecule has 44 valence electrons. The van der Waals surface area contributed by atoms with E-state index in [9.17, 15) is 0 Å². The molecule has 2 N–H and O–H groups in total. The van der Waals surface area contributed by atoms with Gasteiger partial charge in [-0.1, -0.05) is 0 Å². The van der Waals surface area contributed by atoms with Crippen molar-refractivity contribution in [2.45, 2.75) is 13.3 Å². The third kappa shape index (κ3) is 1.05. The molecule has 3 heteroatoms. The van der Waals surface area contributed by atoms with Crippen LogP contribution in [0.4, 0.5) is 0 Å². The van der Waals surface area contributed by atoms with Crippen LogP contribution < -0.4 is 5.73 Å². The van der Waals surface area contributed by atoms with Crippen LogP contribution in [0.5, 0.6) is 0 Å². The van der Waals surface area contributed by atoms with Crippen molar-refractivity contribution in [1.29, 1.82) is 0 Å². The monoisotopic (exact) mass is 111 g/mol. The fourth-order valence-corrected chi connectivity index (χ4v) is 0.631. The Morgan fingerprint density at radius 3 is 2.75 bits per heavy atom. The Labute approximate surface area is 48.3 Å². The van der Waals surface area contributed by atoms with Gasteiger partial charge >= 0.3 is 0 Å². The molecular formula is C5H9N3. The highest BCUT2D eigenvalue weighted by molar-refractivity contribution is 5.96. The number of nitrogens with zero attached hydrogens (tertiary/aromatic N) is 2. The van der Waals surface area contributed by atoms with Gasteiger partial charge in [0.2, 0.25) is 0 Å². The Morgan fingerprint density at radius 2 is 2.38 bits per heavy atom. The van der Waals surface area contributed by atoms with Crippen molar-refractivity contribution in [2.75, 3.05) is 6.54 Å². The average molecular weight is 111 g/mol. The first-order chi connectivity index (χ1) is 3.79. The van der Waals surface area contributed by atoms with E-state index in [1.54, 1.807) is 0 Å². The second kappa shape index (κ2) is 1.94. The number of nitrogens with two attached hydrogens (primary N) is 1. The lowest BCUT2D eigenvalue weighted by atomic mass is 10.3. The van der Waals surface area contributed by atoms with Gasteiger partial charge in [0, 0.05) is 13.0 Å². The molecule has 0 bridgehead atoms. The highest BCUT2D eigenvalue weighted by Gasteiger charge is 1.98. The van der Waals surface area contributed by atoms with Gasteiger partial charge in [-0.15, -0.1) is 0 Å². The van der Waals surface area contributed by atoms with Crippen molar-refractivity contribution >= 4 is 11.7 Å². The molecule has 0 amide bonds. The number of amidine groups is 2. The van der Waals surface area contributed by atoms with Gasteiger partial charge in [-0.3, -0.25) is 4.99 Å². The summed E-state index contributed by atoms with van der Waals surface area (Å²) in [5, 5.41) is 0. The van der Waals surface area contributed by atoms with Gasteiger partial charge in [-0.05, 0) is 6.92 Å². The van der Waals surface area contributed by atoms with Crippen molar-refractivity contribution in [3.8, 4) is 0 Å². The van der Waals surface area contributed by atoms with E-state index < -0.39 is 0 Å². The molecule has 0 spiro atoms. The maximum absolute atomic E-state index is 5.39. The molecule has 1 rings (SSSR count). The first-order valence-electron chi connectivity index (χ1n) is 2.63. The minimum Gasteiger partial charge on any atom is -0.387 e. The van der Waals surface area contributed by atoms with E-state index in [2.05, 4.69) is 9.98 Å². The number of hydrogen-bond acceptors (Lipinski definition) is 3. The Morgan fingerprint density at radius 1 is 1.62 bits per heavy atom. The molecular weight excluding hydrogens is 102 g/mol. The van der Waals surface area contributed by atoms with E-state index in [1.807, 2.05) is 6.92 Å². The van der Waals surface area contributed by atoms with Crippen molar-refractivity contribution in [1.82, 2.24) is 0 Å². The smallest absolute Gasteiger partial charge is 0.122 e. The lowest BCUT2D eigenvalue weighted by molar-refractivity contribution is 1.000. The van der Waals surface area contributed by atoms with Gasteiger partial charge in [0.05, 0.1) is 0 Å². The average Bonchev–Trinajstić information content (AvgIpc) is 1.64. The third-order valence-electron chi connectivity index (χ3n) is 1.01. The van der Waals surface area contributed by atoms with E-state index in [1.165, 1.54) is 0 Å². The van der Waals surface area contributed by atoms with Gasteiger partial charge in [0.1, 0.15) is 11.7 Å². The number of rotatable bonds is 0. The Balaban J connectivity index is 2.69. The van der Waals surface area contributed by atoms with E-state index in [4.69, 9.17) is 5.73 Å². The molecule has 0 radical (unpaired) electrons. The molecule has 0 atom stereocenters. The second-order valence-electron chi connectivity index (χ2n) is 1.78. The first kappa shape index (κ1) is 5.28. The molecule has 1 aliphatic rings. The molecule has 0 aliphatic carbocycles. The first-order valence-corrected chi connectivity index (χ1v) is 2.63. The molecule has 0 saturated carbocycles. The Bertz CT molecular complexity index is 146. The van der Waals surface area contributed by atoms with Crippen molar-refractivity contribution in [3.05, 3.63) is 0 Å². The summed E-state index contributed by atoms with van der Waals surface area (Å²) in [6.07, 6.45) is 0.817. The van der Waals surface area contributed by atoms with Gasteiger partial charge in [0.25, 0.3) is 0 Å². The normalized spacial score (nSPS) is 19.6. The molecule has 0 aromatic rings. The molecule has 0 aromatic carbocycles. The van der Waals surface area contributed by atoms with E-state index in [-0.39, 0.29) is 0 Å². The lowest BCUT2D eigenvalue weighted by Gasteiger charge is -2.03. The zero-order chi connectivity index (χ0) is 5.98. The van der Waals surface area contributed by atoms with Crippen LogP contribution in [0.3, 0.4) is 0 Å². The molecule has 0 unspecified atom stereocenters. The van der Waals surface area contributed by atoms with Crippen LogP contribution in [-0.4, -0.2) is 18.2 Å². The Kier molecular flexibility index (Phi) is 1.28. The van der Waals surface area contributed by atoms with Crippen molar-refractivity contribution in [3.63, 3.8) is 0 Å². The minimum absolute atomic E-state index is 0.706. The van der Waals surface area contributed by atoms with Gasteiger partial charge in [-0.2, -0.15) is 0 Å². The second-order valence-corrected chi connectivity index (χ2v) is 1.78. The largest absolute Gasteiger partial charge is 0.387 e. The fraction of sp³-hybridized carbons (Fsp3) is 0.600. The van der Waals surface area contributed by atoms with E-state index in [0.717, 1.165) is 18.8 Å². The predicted octanol–water partition coefficient (Wildman–Crippen LogP) is 0.166. The van der Waals surface area contributed by atoms with Crippen LogP contribution in [0.2, 0.25) is 0 Å². The summed E-state index contributed by atoms with van der Waals surface area (Å²) in [5.74, 6) is 1.51. The van der Waals surface area contributed by atoms with Gasteiger partial charge in [0.15, 0.2) is 0 Å². The van der Waals surface area contributed by atoms with Gasteiger partial charge < -0.3 is 5.73 Å². The maximum atomic E-state index is 5.39. The summed E-state index contributed by atoms with van der Waals surface area (Å²) in [5.41, 5.74) is 5.39. The van der Waals surface area contributed by atoms with E-state index in [0.29, 0.717) is 5.84 Å². The summed E-state index contributed by atoms with van der Waals surface area (Å²) in [6, 6.07) is 0. The summed E-state index contributed by atoms with van der Waals surface area (Å²) >= 11 is 0. The predicted molar refractivity (Wildman–Crippen MR) is 34.2 cm³/mol. The zero-order valence-corrected chi connectivity index (χ0v) is 4.89. The SMILES string of the molecule is CC1=NCCC(N)=N1. The standard InChI is InChI=1S/C5H9N3/c1-4-7-3-2-5(6)8-4/h2-3H2,1H3,(H2,6,7,8). The van der Waals surface area contributed by atoms with Crippen molar-refractivity contribution in [2.24, 2.45) is 15.7 Å². The summed E-state index contributed by atoms with van der Waals surface area (Å²) < 4.78 is 0. The maximum Gasteiger partial charge on any atom is 0.122 e. The molecule has 1 heterocycles. The number of aliphatic imine (C=N–C) groups is 2. The highest BCUT2D eigenvalue weighted by atomic mass is 15.0. The third-order valence-corrected chi connectivity index (χ3v) is 1.01. The molecule has 8 heavy (non-hydrogen) atoms. The summed E-state index contributed by atoms with van der Waals surface area (Å²) in [6.45, 7) is 2.66. The molecule has 3 nitrogen and oxygen atoms in total. The van der Waals surface area contributed by atoms with Crippen LogP contribution in [0.25, 0.3) is 0 Å². The quantitative estimate of drug-likeness (QED) is 0.476. The van der Waals surface area contributed by atoms with Crippen LogP contribution in [0, 0.1) is 0 Å². The van der Waals surface area contributed by atoms with Crippen LogP contribution in [0.1, 0.15) is 13.3 Å². The molecule has 0 saturated heterocycles. The Hall–Kier alpha value is -0.860. The van der Waals surface area contributed by atoms with Crippen LogP contribution >= 0.6 is 0 Å². The van der Waals surface area contributed by atoms with Crippen LogP contribution in [-0.2, 0) is 0 Å². The van der Waals surface area contributed by atoms with Crippen molar-refractivity contribution < 1.29 is 0 Å². The molecule has 1 aliphatic heterocycles. The highest BCUT2D eigenvalue weighted by Crippen LogP contribution is 1.92. The number of hydrogen-bond donors (Lipinski definition) is 1. The minimum atomic E-state index is 0.706. The lowest BCUT2D eigenvalue weighted by Crippen LogP contribution is -2.18. The van der Waals surface area contributed by atoms with Crippen LogP contribution in [0.15, 0.2) is 9.98 Å². The van der Waals surface area contributed by atoms with Gasteiger partial charge in [-0.25, -0.2) is 4.99 Å². The molecule has 0 fully saturated rings. The summed E-state index contributed by atoms with van der Waals surface area (Å²) in [4.78, 5) is 7.96. The molecule has 0 aromatic heterocycles. The van der Waals surface area contributed by atoms with E-state index >= 15 is 0 Å².